The number of nitrogens with one attached hydrogen (secondary N) is 3. The monoisotopic (exact) mass is 561 g/mol. The van der Waals surface area contributed by atoms with E-state index >= 15 is 0 Å². The Morgan fingerprint density at radius 3 is 2.17 bits per heavy atom. The number of aliphatic hydroxyl groups is 1. The van der Waals surface area contributed by atoms with Crippen LogP contribution in [0.2, 0.25) is 0 Å². The van der Waals surface area contributed by atoms with Gasteiger partial charge in [0, 0.05) is 6.54 Å². The first-order valence-electron chi connectivity index (χ1n) is 14.8. The standard InChI is InChI=1S/C29H47N5O6/c1-27(2,3)22(32-26(40)33-29(15-35)11-7-6-8-12-29)25(39)34-14-17-19(28(17,4)5)20(34)24(38)31-18(13-16-9-10-16)21(36)23(30)37/h16-20,22,35H,6-15H2,1-5H3,(H2,30,37)(H,31,38)(H2,32,33,40). The molecule has 5 amide bonds. The number of Topliss-reactive ketones (excluding diaryl/α,β-unsaturated/α-hetero) is 1. The Morgan fingerprint density at radius 1 is 1.02 bits per heavy atom. The number of hydrogen-bond donors (Lipinski definition) is 5. The van der Waals surface area contributed by atoms with Gasteiger partial charge >= 0.3 is 6.03 Å². The first kappa shape index (κ1) is 30.3. The SMILES string of the molecule is CC(C)(C)C(NC(=O)NC1(CO)CCCCC1)C(=O)N1CC2C(C1C(=O)NC(CC1CC1)C(=O)C(N)=O)C2(C)C. The summed E-state index contributed by atoms with van der Waals surface area (Å²) in [5.41, 5.74) is 3.73. The molecule has 0 bridgehead atoms. The van der Waals surface area contributed by atoms with E-state index in [1.54, 1.807) is 0 Å². The molecule has 0 aromatic carbocycles. The Labute approximate surface area is 236 Å². The first-order valence-corrected chi connectivity index (χ1v) is 14.8. The minimum Gasteiger partial charge on any atom is -0.394 e. The molecule has 224 valence electrons. The van der Waals surface area contributed by atoms with E-state index in [-0.39, 0.29) is 35.7 Å². The van der Waals surface area contributed by atoms with Gasteiger partial charge in [0.05, 0.1) is 18.2 Å². The van der Waals surface area contributed by atoms with Gasteiger partial charge in [0.2, 0.25) is 17.6 Å². The highest BCUT2D eigenvalue weighted by atomic mass is 16.3. The molecule has 5 unspecified atom stereocenters. The number of fused-ring (bicyclic) bond motifs is 1. The summed E-state index contributed by atoms with van der Waals surface area (Å²) < 4.78 is 0. The number of urea groups is 1. The molecule has 0 aromatic rings. The largest absolute Gasteiger partial charge is 0.394 e. The van der Waals surface area contributed by atoms with Crippen LogP contribution in [0.3, 0.4) is 0 Å². The molecule has 11 heteroatoms. The third-order valence-electron chi connectivity index (χ3n) is 9.78. The Kier molecular flexibility index (Phi) is 8.28. The summed E-state index contributed by atoms with van der Waals surface area (Å²) in [5, 5.41) is 18.6. The van der Waals surface area contributed by atoms with Crippen LogP contribution in [-0.4, -0.2) is 76.4 Å². The van der Waals surface area contributed by atoms with Gasteiger partial charge in [-0.3, -0.25) is 19.2 Å². The van der Waals surface area contributed by atoms with E-state index in [2.05, 4.69) is 29.8 Å². The summed E-state index contributed by atoms with van der Waals surface area (Å²) in [6, 6.07) is -3.29. The summed E-state index contributed by atoms with van der Waals surface area (Å²) in [5.74, 6) is -2.48. The molecule has 40 heavy (non-hydrogen) atoms. The zero-order valence-corrected chi connectivity index (χ0v) is 24.5. The second kappa shape index (κ2) is 10.9. The average Bonchev–Trinajstić information content (AvgIpc) is 3.73. The topological polar surface area (TPSA) is 171 Å². The summed E-state index contributed by atoms with van der Waals surface area (Å²) in [7, 11) is 0. The van der Waals surface area contributed by atoms with Gasteiger partial charge in [-0.25, -0.2) is 4.79 Å². The molecule has 4 aliphatic rings. The molecule has 4 fully saturated rings. The number of rotatable bonds is 10. The predicted octanol–water partition coefficient (Wildman–Crippen LogP) is 1.22. The van der Waals surface area contributed by atoms with E-state index in [0.29, 0.717) is 25.8 Å². The van der Waals surface area contributed by atoms with Crippen molar-refractivity contribution >= 4 is 29.5 Å². The van der Waals surface area contributed by atoms with Crippen LogP contribution in [0.15, 0.2) is 0 Å². The molecule has 0 radical (unpaired) electrons. The van der Waals surface area contributed by atoms with Crippen molar-refractivity contribution in [2.45, 2.75) is 110 Å². The lowest BCUT2D eigenvalue weighted by molar-refractivity contribution is -0.145. The number of likely N-dealkylation sites (tertiary alicyclic amines) is 1. The lowest BCUT2D eigenvalue weighted by Crippen LogP contribution is -2.63. The highest BCUT2D eigenvalue weighted by Gasteiger charge is 2.70. The van der Waals surface area contributed by atoms with Gasteiger partial charge in [-0.05, 0) is 47.8 Å². The van der Waals surface area contributed by atoms with E-state index in [9.17, 15) is 29.1 Å². The summed E-state index contributed by atoms with van der Waals surface area (Å²) in [6.45, 7) is 9.87. The van der Waals surface area contributed by atoms with Crippen LogP contribution in [0.4, 0.5) is 4.79 Å². The quantitative estimate of drug-likeness (QED) is 0.251. The number of primary amides is 1. The van der Waals surface area contributed by atoms with E-state index in [4.69, 9.17) is 5.73 Å². The molecule has 11 nitrogen and oxygen atoms in total. The van der Waals surface area contributed by atoms with Gasteiger partial charge in [0.1, 0.15) is 12.1 Å². The maximum Gasteiger partial charge on any atom is 0.315 e. The third-order valence-corrected chi connectivity index (χ3v) is 9.78. The number of amides is 5. The van der Waals surface area contributed by atoms with Crippen molar-refractivity contribution in [2.75, 3.05) is 13.2 Å². The number of hydrogen-bond acceptors (Lipinski definition) is 6. The van der Waals surface area contributed by atoms with Gasteiger partial charge in [0.15, 0.2) is 0 Å². The fraction of sp³-hybridized carbons (Fsp3) is 0.828. The molecule has 0 aromatic heterocycles. The van der Waals surface area contributed by atoms with Crippen molar-refractivity contribution in [3.63, 3.8) is 0 Å². The van der Waals surface area contributed by atoms with Crippen LogP contribution in [0.5, 0.6) is 0 Å². The van der Waals surface area contributed by atoms with Crippen LogP contribution >= 0.6 is 0 Å². The Hall–Kier alpha value is -2.69. The number of nitrogens with two attached hydrogens (primary N) is 1. The maximum absolute atomic E-state index is 14.1. The van der Waals surface area contributed by atoms with Gasteiger partial charge in [0.25, 0.3) is 5.91 Å². The van der Waals surface area contributed by atoms with E-state index < -0.39 is 52.7 Å². The fourth-order valence-electron chi connectivity index (χ4n) is 6.93. The molecule has 1 aliphatic heterocycles. The minimum absolute atomic E-state index is 0.101. The van der Waals surface area contributed by atoms with Crippen LogP contribution < -0.4 is 21.7 Å². The Bertz CT molecular complexity index is 1040. The Morgan fingerprint density at radius 2 is 1.65 bits per heavy atom. The third kappa shape index (κ3) is 6.14. The number of aliphatic hydroxyl groups excluding tert-OH is 1. The zero-order chi connectivity index (χ0) is 29.6. The lowest BCUT2D eigenvalue weighted by atomic mass is 9.82. The molecular weight excluding hydrogens is 514 g/mol. The molecule has 1 heterocycles. The lowest BCUT2D eigenvalue weighted by Gasteiger charge is -2.40. The van der Waals surface area contributed by atoms with Crippen molar-refractivity contribution in [3.8, 4) is 0 Å². The molecule has 3 aliphatic carbocycles. The molecular formula is C29H47N5O6. The number of carbonyl (C=O) groups excluding carboxylic acids is 5. The summed E-state index contributed by atoms with van der Waals surface area (Å²) in [6.07, 6.45) is 6.43. The van der Waals surface area contributed by atoms with Crippen LogP contribution in [-0.2, 0) is 19.2 Å². The van der Waals surface area contributed by atoms with Crippen LogP contribution in [0.1, 0.15) is 86.0 Å². The Balaban J connectivity index is 1.52. The van der Waals surface area contributed by atoms with Gasteiger partial charge < -0.3 is 31.7 Å². The second-order valence-electron chi connectivity index (χ2n) is 14.3. The van der Waals surface area contributed by atoms with Crippen LogP contribution in [0.25, 0.3) is 0 Å². The van der Waals surface area contributed by atoms with Gasteiger partial charge in [-0.1, -0.05) is 66.7 Å². The maximum atomic E-state index is 14.1. The average molecular weight is 562 g/mol. The van der Waals surface area contributed by atoms with Crippen molar-refractivity contribution in [2.24, 2.45) is 34.3 Å². The molecule has 5 atom stereocenters. The van der Waals surface area contributed by atoms with Crippen molar-refractivity contribution in [3.05, 3.63) is 0 Å². The van der Waals surface area contributed by atoms with Crippen LogP contribution in [0, 0.1) is 28.6 Å². The normalized spacial score (nSPS) is 28.1. The van der Waals surface area contributed by atoms with Crippen molar-refractivity contribution in [1.82, 2.24) is 20.9 Å². The number of ketones is 1. The van der Waals surface area contributed by atoms with E-state index in [1.807, 2.05) is 20.8 Å². The van der Waals surface area contributed by atoms with Crippen molar-refractivity contribution < 1.29 is 29.1 Å². The van der Waals surface area contributed by atoms with Crippen molar-refractivity contribution in [1.29, 1.82) is 0 Å². The molecule has 3 saturated carbocycles. The minimum atomic E-state index is -1.09. The van der Waals surface area contributed by atoms with E-state index in [1.165, 1.54) is 4.90 Å². The summed E-state index contributed by atoms with van der Waals surface area (Å²) >= 11 is 0. The smallest absolute Gasteiger partial charge is 0.315 e. The fourth-order valence-corrected chi connectivity index (χ4v) is 6.93. The van der Waals surface area contributed by atoms with Gasteiger partial charge in [-0.2, -0.15) is 0 Å². The van der Waals surface area contributed by atoms with E-state index in [0.717, 1.165) is 32.1 Å². The second-order valence-corrected chi connectivity index (χ2v) is 14.3. The number of carbonyl (C=O) groups is 5. The highest BCUT2D eigenvalue weighted by molar-refractivity contribution is 6.37. The zero-order valence-electron chi connectivity index (χ0n) is 24.5. The molecule has 1 saturated heterocycles. The highest BCUT2D eigenvalue weighted by Crippen LogP contribution is 2.65. The number of piperidine rings is 1. The predicted molar refractivity (Wildman–Crippen MR) is 148 cm³/mol. The van der Waals surface area contributed by atoms with Gasteiger partial charge in [-0.15, -0.1) is 0 Å². The summed E-state index contributed by atoms with van der Waals surface area (Å²) in [4.78, 5) is 66.7. The molecule has 6 N–H and O–H groups in total. The first-order chi connectivity index (χ1) is 18.6. The molecule has 4 rings (SSSR count). The molecule has 0 spiro atoms. The number of nitrogens with zero attached hydrogens (tertiary/aromatic N) is 1.